The summed E-state index contributed by atoms with van der Waals surface area (Å²) in [4.78, 5) is 19.9. The molecule has 3 aromatic carbocycles. The van der Waals surface area contributed by atoms with Crippen LogP contribution in [0.2, 0.25) is 0 Å². The Morgan fingerprint density at radius 1 is 0.833 bits per heavy atom. The summed E-state index contributed by atoms with van der Waals surface area (Å²) >= 11 is 0. The maximum Gasteiger partial charge on any atom is 0.261 e. The predicted octanol–water partition coefficient (Wildman–Crippen LogP) is 4.97. The number of aryl methyl sites for hydroxylation is 1. The number of fused-ring (bicyclic) bond motifs is 1. The van der Waals surface area contributed by atoms with Gasteiger partial charge in [-0.2, -0.15) is 10.1 Å². The molecule has 1 aliphatic rings. The summed E-state index contributed by atoms with van der Waals surface area (Å²) in [5.74, 6) is 0.510. The van der Waals surface area contributed by atoms with E-state index in [1.165, 1.54) is 17.5 Å². The summed E-state index contributed by atoms with van der Waals surface area (Å²) in [5.41, 5.74) is 4.11. The Kier molecular flexibility index (Phi) is 4.64. The topological polar surface area (TPSA) is 51.0 Å². The van der Waals surface area contributed by atoms with Crippen molar-refractivity contribution >= 4 is 11.9 Å². The summed E-state index contributed by atoms with van der Waals surface area (Å²) in [6.07, 6.45) is 2.26. The number of amides is 1. The maximum atomic E-state index is 13.6. The number of rotatable bonds is 3. The summed E-state index contributed by atoms with van der Waals surface area (Å²) in [6.45, 7) is 2.08. The Morgan fingerprint density at radius 2 is 1.47 bits per heavy atom. The van der Waals surface area contributed by atoms with Crippen molar-refractivity contribution in [1.29, 1.82) is 0 Å². The van der Waals surface area contributed by atoms with Gasteiger partial charge in [0.05, 0.1) is 12.1 Å². The van der Waals surface area contributed by atoms with Gasteiger partial charge in [-0.3, -0.25) is 9.69 Å². The summed E-state index contributed by atoms with van der Waals surface area (Å²) in [7, 11) is 0. The average molecular weight is 394 g/mol. The first-order valence-electron chi connectivity index (χ1n) is 10.1. The predicted molar refractivity (Wildman–Crippen MR) is 116 cm³/mol. The average Bonchev–Trinajstić information content (AvgIpc) is 3.29. The molecule has 0 N–H and O–H groups in total. The smallest absolute Gasteiger partial charge is 0.261 e. The third-order valence-electron chi connectivity index (χ3n) is 5.71. The Labute approximate surface area is 175 Å². The van der Waals surface area contributed by atoms with Crippen LogP contribution >= 0.6 is 0 Å². The first kappa shape index (κ1) is 18.3. The standard InChI is InChI=1S/C25H22N4O/c1-18-12-14-20(15-13-18)23-16-22(19-8-4-2-5-9-19)28(25-26-17-27-29(23)25)24(30)21-10-6-3-7-11-21/h2-15,17,22-23H,16H2,1H3/t22-,23+/m0/s1. The quantitative estimate of drug-likeness (QED) is 0.493. The largest absolute Gasteiger partial charge is 0.269 e. The SMILES string of the molecule is Cc1ccc([C@H]2C[C@@H](c3ccccc3)N(C(=O)c3ccccc3)c3ncnn32)cc1. The normalized spacial score (nSPS) is 18.1. The van der Waals surface area contributed by atoms with E-state index >= 15 is 0 Å². The molecule has 0 spiro atoms. The van der Waals surface area contributed by atoms with E-state index in [0.717, 1.165) is 12.0 Å². The molecule has 0 aliphatic carbocycles. The lowest BCUT2D eigenvalue weighted by Gasteiger charge is -2.39. The van der Waals surface area contributed by atoms with Gasteiger partial charge in [0.1, 0.15) is 6.33 Å². The number of anilines is 1. The van der Waals surface area contributed by atoms with Crippen LogP contribution in [0.5, 0.6) is 0 Å². The van der Waals surface area contributed by atoms with Gasteiger partial charge in [-0.05, 0) is 36.6 Å². The van der Waals surface area contributed by atoms with Crippen molar-refractivity contribution in [3.8, 4) is 0 Å². The minimum Gasteiger partial charge on any atom is -0.269 e. The van der Waals surface area contributed by atoms with Crippen molar-refractivity contribution in [2.45, 2.75) is 25.4 Å². The molecule has 4 aromatic rings. The number of carbonyl (C=O) groups excluding carboxylic acids is 1. The monoisotopic (exact) mass is 394 g/mol. The lowest BCUT2D eigenvalue weighted by molar-refractivity contribution is 0.0963. The van der Waals surface area contributed by atoms with E-state index in [1.807, 2.05) is 53.2 Å². The van der Waals surface area contributed by atoms with Crippen LogP contribution < -0.4 is 4.90 Å². The van der Waals surface area contributed by atoms with Crippen LogP contribution in [0.4, 0.5) is 5.95 Å². The molecule has 2 atom stereocenters. The molecule has 0 bridgehead atoms. The fourth-order valence-corrected chi connectivity index (χ4v) is 4.17. The fraction of sp³-hybridized carbons (Fsp3) is 0.160. The highest BCUT2D eigenvalue weighted by atomic mass is 16.2. The molecule has 30 heavy (non-hydrogen) atoms. The zero-order valence-corrected chi connectivity index (χ0v) is 16.7. The van der Waals surface area contributed by atoms with Gasteiger partial charge in [0.25, 0.3) is 5.91 Å². The second-order valence-corrected chi connectivity index (χ2v) is 7.63. The number of hydrogen-bond donors (Lipinski definition) is 0. The van der Waals surface area contributed by atoms with Crippen LogP contribution in [0.3, 0.4) is 0 Å². The molecule has 1 aliphatic heterocycles. The molecule has 1 amide bonds. The molecule has 0 unspecified atom stereocenters. The van der Waals surface area contributed by atoms with Gasteiger partial charge >= 0.3 is 0 Å². The molecule has 1 aromatic heterocycles. The van der Waals surface area contributed by atoms with E-state index in [4.69, 9.17) is 0 Å². The van der Waals surface area contributed by atoms with Crippen molar-refractivity contribution in [3.63, 3.8) is 0 Å². The molecule has 148 valence electrons. The van der Waals surface area contributed by atoms with Gasteiger partial charge in [0.2, 0.25) is 5.95 Å². The number of hydrogen-bond acceptors (Lipinski definition) is 3. The zero-order chi connectivity index (χ0) is 20.5. The Morgan fingerprint density at radius 3 is 2.17 bits per heavy atom. The van der Waals surface area contributed by atoms with Crippen LogP contribution in [0.25, 0.3) is 0 Å². The third kappa shape index (κ3) is 3.18. The summed E-state index contributed by atoms with van der Waals surface area (Å²) in [6, 6.07) is 27.9. The van der Waals surface area contributed by atoms with Crippen molar-refractivity contribution < 1.29 is 4.79 Å². The van der Waals surface area contributed by atoms with Crippen LogP contribution in [0.15, 0.2) is 91.3 Å². The Bertz CT molecular complexity index is 1150. The summed E-state index contributed by atoms with van der Waals surface area (Å²) < 4.78 is 1.88. The molecule has 0 saturated heterocycles. The Hall–Kier alpha value is -3.73. The molecule has 5 nitrogen and oxygen atoms in total. The van der Waals surface area contributed by atoms with Crippen molar-refractivity contribution in [1.82, 2.24) is 14.8 Å². The lowest BCUT2D eigenvalue weighted by Crippen LogP contribution is -2.42. The van der Waals surface area contributed by atoms with Gasteiger partial charge in [-0.15, -0.1) is 0 Å². The van der Waals surface area contributed by atoms with Gasteiger partial charge < -0.3 is 0 Å². The highest BCUT2D eigenvalue weighted by molar-refractivity contribution is 6.05. The zero-order valence-electron chi connectivity index (χ0n) is 16.7. The molecule has 5 heteroatoms. The van der Waals surface area contributed by atoms with Crippen molar-refractivity contribution in [2.75, 3.05) is 4.90 Å². The summed E-state index contributed by atoms with van der Waals surface area (Å²) in [5, 5.41) is 4.50. The molecular weight excluding hydrogens is 372 g/mol. The van der Waals surface area contributed by atoms with Gasteiger partial charge in [0.15, 0.2) is 0 Å². The molecular formula is C25H22N4O. The molecule has 0 saturated carbocycles. The highest BCUT2D eigenvalue weighted by Crippen LogP contribution is 2.42. The third-order valence-corrected chi connectivity index (χ3v) is 5.71. The maximum absolute atomic E-state index is 13.6. The van der Waals surface area contributed by atoms with Crippen LogP contribution in [0.1, 0.15) is 45.6 Å². The molecule has 0 fully saturated rings. The highest BCUT2D eigenvalue weighted by Gasteiger charge is 2.39. The van der Waals surface area contributed by atoms with E-state index in [-0.39, 0.29) is 18.0 Å². The Balaban J connectivity index is 1.64. The van der Waals surface area contributed by atoms with Gasteiger partial charge in [0, 0.05) is 5.56 Å². The minimum atomic E-state index is -0.137. The second kappa shape index (κ2) is 7.59. The van der Waals surface area contributed by atoms with E-state index in [1.54, 1.807) is 4.90 Å². The van der Waals surface area contributed by atoms with Crippen LogP contribution in [0, 0.1) is 6.92 Å². The minimum absolute atomic E-state index is 0.00753. The lowest BCUT2D eigenvalue weighted by atomic mass is 9.91. The number of aromatic nitrogens is 3. The fourth-order valence-electron chi connectivity index (χ4n) is 4.17. The first-order valence-corrected chi connectivity index (χ1v) is 10.1. The molecule has 5 rings (SSSR count). The second-order valence-electron chi connectivity index (χ2n) is 7.63. The molecule has 2 heterocycles. The van der Waals surface area contributed by atoms with E-state index in [9.17, 15) is 4.79 Å². The number of benzene rings is 3. The van der Waals surface area contributed by atoms with Crippen LogP contribution in [-0.4, -0.2) is 20.7 Å². The van der Waals surface area contributed by atoms with Gasteiger partial charge in [-0.1, -0.05) is 78.4 Å². The van der Waals surface area contributed by atoms with Crippen LogP contribution in [-0.2, 0) is 0 Å². The van der Waals surface area contributed by atoms with Crippen molar-refractivity contribution in [3.05, 3.63) is 114 Å². The van der Waals surface area contributed by atoms with E-state index in [0.29, 0.717) is 11.5 Å². The molecule has 0 radical (unpaired) electrons. The first-order chi connectivity index (χ1) is 14.7. The van der Waals surface area contributed by atoms with E-state index < -0.39 is 0 Å². The number of nitrogens with zero attached hydrogens (tertiary/aromatic N) is 4. The number of carbonyl (C=O) groups is 1. The van der Waals surface area contributed by atoms with Crippen molar-refractivity contribution in [2.24, 2.45) is 0 Å². The van der Waals surface area contributed by atoms with E-state index in [2.05, 4.69) is 53.4 Å². The van der Waals surface area contributed by atoms with Gasteiger partial charge in [-0.25, -0.2) is 4.68 Å².